The molecule has 0 saturated carbocycles. The molecule has 0 aliphatic carbocycles. The van der Waals surface area contributed by atoms with Crippen LogP contribution in [0.4, 0.5) is 0 Å². The normalized spacial score (nSPS) is 38.5. The largest absolute Gasteiger partial charge is 0.459 e. The summed E-state index contributed by atoms with van der Waals surface area (Å²) < 4.78 is 5.49. The number of hydrogen-bond donors (Lipinski definition) is 2. The lowest BCUT2D eigenvalue weighted by Crippen LogP contribution is -2.59. The van der Waals surface area contributed by atoms with Crippen LogP contribution in [0.25, 0.3) is 0 Å². The van der Waals surface area contributed by atoms with Crippen LogP contribution in [0.15, 0.2) is 0 Å². The van der Waals surface area contributed by atoms with Gasteiger partial charge in [0.2, 0.25) is 0 Å². The van der Waals surface area contributed by atoms with Gasteiger partial charge in [0.25, 0.3) is 0 Å². The monoisotopic (exact) mass is 226 g/mol. The fourth-order valence-electron chi connectivity index (χ4n) is 2.81. The van der Waals surface area contributed by atoms with Crippen molar-refractivity contribution in [3.05, 3.63) is 0 Å². The van der Waals surface area contributed by atoms with Gasteiger partial charge in [-0.15, -0.1) is 0 Å². The van der Waals surface area contributed by atoms with E-state index in [1.807, 2.05) is 20.8 Å². The molecule has 2 saturated heterocycles. The molecule has 3 N–H and O–H groups in total. The van der Waals surface area contributed by atoms with E-state index in [4.69, 9.17) is 10.5 Å². The molecule has 2 bridgehead atoms. The average Bonchev–Trinajstić information content (AvgIpc) is 2.40. The van der Waals surface area contributed by atoms with Gasteiger partial charge in [0.1, 0.15) is 11.1 Å². The quantitative estimate of drug-likeness (QED) is 0.653. The first-order valence-electron chi connectivity index (χ1n) is 6.07. The van der Waals surface area contributed by atoms with Gasteiger partial charge in [-0.2, -0.15) is 0 Å². The number of piperidine rings is 1. The van der Waals surface area contributed by atoms with Crippen LogP contribution >= 0.6 is 0 Å². The Kier molecular flexibility index (Phi) is 2.75. The van der Waals surface area contributed by atoms with Crippen molar-refractivity contribution in [2.45, 2.75) is 69.7 Å². The second-order valence-corrected chi connectivity index (χ2v) is 6.16. The van der Waals surface area contributed by atoms with E-state index in [9.17, 15) is 4.79 Å². The molecule has 0 aromatic rings. The third kappa shape index (κ3) is 2.23. The zero-order valence-electron chi connectivity index (χ0n) is 10.4. The number of ether oxygens (including phenoxy) is 1. The maximum atomic E-state index is 12.2. The third-order valence-corrected chi connectivity index (χ3v) is 3.39. The van der Waals surface area contributed by atoms with Crippen LogP contribution in [0.3, 0.4) is 0 Å². The maximum absolute atomic E-state index is 12.2. The van der Waals surface area contributed by atoms with Crippen LogP contribution in [0.5, 0.6) is 0 Å². The molecular formula is C12H22N2O2. The summed E-state index contributed by atoms with van der Waals surface area (Å²) in [6.07, 6.45) is 3.58. The van der Waals surface area contributed by atoms with Gasteiger partial charge in [0.15, 0.2) is 0 Å². The first-order valence-corrected chi connectivity index (χ1v) is 6.07. The Morgan fingerprint density at radius 2 is 2.19 bits per heavy atom. The molecule has 3 unspecified atom stereocenters. The molecule has 16 heavy (non-hydrogen) atoms. The van der Waals surface area contributed by atoms with Gasteiger partial charge in [-0.3, -0.25) is 10.1 Å². The summed E-state index contributed by atoms with van der Waals surface area (Å²) in [7, 11) is 0. The molecule has 2 aliphatic heterocycles. The molecule has 2 heterocycles. The molecule has 2 aliphatic rings. The first kappa shape index (κ1) is 11.9. The van der Waals surface area contributed by atoms with E-state index >= 15 is 0 Å². The van der Waals surface area contributed by atoms with E-state index < -0.39 is 11.1 Å². The van der Waals surface area contributed by atoms with Crippen LogP contribution in [0.2, 0.25) is 0 Å². The number of nitrogens with two attached hydrogens (primary N) is 1. The van der Waals surface area contributed by atoms with E-state index in [-0.39, 0.29) is 12.0 Å². The van der Waals surface area contributed by atoms with Crippen molar-refractivity contribution in [2.75, 3.05) is 0 Å². The highest BCUT2D eigenvalue weighted by Crippen LogP contribution is 2.36. The minimum Gasteiger partial charge on any atom is -0.459 e. The summed E-state index contributed by atoms with van der Waals surface area (Å²) in [5.41, 5.74) is 5.07. The molecule has 4 heteroatoms. The second kappa shape index (κ2) is 3.70. The number of hydrogen-bond acceptors (Lipinski definition) is 4. The third-order valence-electron chi connectivity index (χ3n) is 3.39. The smallest absolute Gasteiger partial charge is 0.326 e. The van der Waals surface area contributed by atoms with E-state index in [2.05, 4.69) is 5.32 Å². The van der Waals surface area contributed by atoms with Crippen LogP contribution in [0, 0.1) is 0 Å². The molecule has 0 amide bonds. The highest BCUT2D eigenvalue weighted by Gasteiger charge is 2.51. The molecular weight excluding hydrogens is 204 g/mol. The van der Waals surface area contributed by atoms with Crippen molar-refractivity contribution in [1.82, 2.24) is 5.32 Å². The van der Waals surface area contributed by atoms with Gasteiger partial charge in [0, 0.05) is 12.1 Å². The Morgan fingerprint density at radius 3 is 2.81 bits per heavy atom. The lowest BCUT2D eigenvalue weighted by atomic mass is 9.87. The lowest BCUT2D eigenvalue weighted by molar-refractivity contribution is -0.164. The number of nitrogens with one attached hydrogen (secondary N) is 1. The Labute approximate surface area is 96.9 Å². The second-order valence-electron chi connectivity index (χ2n) is 6.16. The molecule has 0 aromatic heterocycles. The van der Waals surface area contributed by atoms with Crippen molar-refractivity contribution >= 4 is 5.97 Å². The minimum atomic E-state index is -0.504. The zero-order chi connectivity index (χ0) is 12.0. The Hall–Kier alpha value is -0.610. The summed E-state index contributed by atoms with van der Waals surface area (Å²) in [6, 6.07) is 0.525. The Morgan fingerprint density at radius 1 is 1.50 bits per heavy atom. The molecule has 2 rings (SSSR count). The van der Waals surface area contributed by atoms with Crippen molar-refractivity contribution in [3.63, 3.8) is 0 Å². The number of carbonyl (C=O) groups is 1. The van der Waals surface area contributed by atoms with Gasteiger partial charge in [-0.25, -0.2) is 0 Å². The molecule has 92 valence electrons. The van der Waals surface area contributed by atoms with E-state index in [0.29, 0.717) is 12.5 Å². The van der Waals surface area contributed by atoms with E-state index in [1.165, 1.54) is 0 Å². The van der Waals surface area contributed by atoms with Crippen LogP contribution in [-0.2, 0) is 9.53 Å². The van der Waals surface area contributed by atoms with Crippen LogP contribution in [0.1, 0.15) is 46.5 Å². The number of esters is 1. The van der Waals surface area contributed by atoms with Gasteiger partial charge in [0.05, 0.1) is 0 Å². The number of carbonyl (C=O) groups excluding carboxylic acids is 1. The molecule has 0 aromatic carbocycles. The summed E-state index contributed by atoms with van der Waals surface area (Å²) >= 11 is 0. The minimum absolute atomic E-state index is 0.126. The fourth-order valence-corrected chi connectivity index (χ4v) is 2.81. The standard InChI is InChI=1S/C12H22N2O2/c1-11(2,3)16-10(15)12-5-4-9(14-12)6-8(13)7-12/h8-9,14H,4-7,13H2,1-3H3. The topological polar surface area (TPSA) is 64.3 Å². The summed E-state index contributed by atoms with van der Waals surface area (Å²) in [5.74, 6) is -0.127. The number of fused-ring (bicyclic) bond motifs is 2. The predicted molar refractivity (Wildman–Crippen MR) is 61.9 cm³/mol. The van der Waals surface area contributed by atoms with E-state index in [1.54, 1.807) is 0 Å². The van der Waals surface area contributed by atoms with Gasteiger partial charge >= 0.3 is 5.97 Å². The van der Waals surface area contributed by atoms with Gasteiger partial charge in [-0.05, 0) is 46.5 Å². The van der Waals surface area contributed by atoms with Crippen molar-refractivity contribution < 1.29 is 9.53 Å². The molecule has 3 atom stereocenters. The zero-order valence-corrected chi connectivity index (χ0v) is 10.4. The Balaban J connectivity index is 2.10. The van der Waals surface area contributed by atoms with E-state index in [0.717, 1.165) is 19.3 Å². The van der Waals surface area contributed by atoms with Crippen LogP contribution in [-0.4, -0.2) is 29.2 Å². The molecule has 0 radical (unpaired) electrons. The number of rotatable bonds is 1. The molecule has 0 spiro atoms. The fraction of sp³-hybridized carbons (Fsp3) is 0.917. The first-order chi connectivity index (χ1) is 7.31. The van der Waals surface area contributed by atoms with Crippen molar-refractivity contribution in [1.29, 1.82) is 0 Å². The Bertz CT molecular complexity index is 298. The van der Waals surface area contributed by atoms with Crippen molar-refractivity contribution in [2.24, 2.45) is 5.73 Å². The summed E-state index contributed by atoms with van der Waals surface area (Å²) in [4.78, 5) is 12.2. The highest BCUT2D eigenvalue weighted by atomic mass is 16.6. The van der Waals surface area contributed by atoms with Crippen molar-refractivity contribution in [3.8, 4) is 0 Å². The summed E-state index contributed by atoms with van der Waals surface area (Å²) in [6.45, 7) is 5.70. The SMILES string of the molecule is CC(C)(C)OC(=O)C12CCC(CC(N)C1)N2. The maximum Gasteiger partial charge on any atom is 0.326 e. The van der Waals surface area contributed by atoms with Gasteiger partial charge in [-0.1, -0.05) is 0 Å². The molecule has 2 fully saturated rings. The average molecular weight is 226 g/mol. The van der Waals surface area contributed by atoms with Gasteiger partial charge < -0.3 is 10.5 Å². The molecule has 4 nitrogen and oxygen atoms in total. The lowest BCUT2D eigenvalue weighted by Gasteiger charge is -2.37. The van der Waals surface area contributed by atoms with Crippen LogP contribution < -0.4 is 11.1 Å². The highest BCUT2D eigenvalue weighted by molar-refractivity contribution is 5.82. The predicted octanol–water partition coefficient (Wildman–Crippen LogP) is 0.940. The summed E-state index contributed by atoms with van der Waals surface area (Å²) in [5, 5.41) is 3.40.